The SMILES string of the molecule is [CH3][Bi]([CH3])[c]1c(C=NC(C)(C)C)cccc1C=NC(C)(C)C. The Morgan fingerprint density at radius 2 is 1.19 bits per heavy atom. The second-order valence-corrected chi connectivity index (χ2v) is 16.2. The van der Waals surface area contributed by atoms with Crippen LogP contribution in [-0.2, 0) is 0 Å². The zero-order valence-corrected chi connectivity index (χ0v) is 18.2. The van der Waals surface area contributed by atoms with Crippen molar-refractivity contribution in [3.8, 4) is 0 Å². The summed E-state index contributed by atoms with van der Waals surface area (Å²) in [6, 6.07) is 6.49. The summed E-state index contributed by atoms with van der Waals surface area (Å²) in [6.45, 7) is 12.8. The van der Waals surface area contributed by atoms with E-state index >= 15 is 0 Å². The standard InChI is InChI=1S/C16H23N2.2CH3.Bi/c1-15(2,3)17-11-13-8-7-9-14(10-13)12-18-16(4,5)6;;;/h7-9,11-12H,1-6H3;2*1H3;. The van der Waals surface area contributed by atoms with Crippen LogP contribution in [0.15, 0.2) is 28.2 Å². The van der Waals surface area contributed by atoms with E-state index in [-0.39, 0.29) is 11.1 Å². The number of hydrogen-bond acceptors (Lipinski definition) is 2. The Morgan fingerprint density at radius 3 is 1.48 bits per heavy atom. The molecule has 0 heterocycles. The fraction of sp³-hybridized carbons (Fsp3) is 0.556. The van der Waals surface area contributed by atoms with Crippen molar-refractivity contribution in [3.05, 3.63) is 29.3 Å². The van der Waals surface area contributed by atoms with Gasteiger partial charge in [-0.2, -0.15) is 0 Å². The number of hydrogen-bond donors (Lipinski definition) is 0. The zero-order chi connectivity index (χ0) is 16.3. The molecule has 0 aliphatic rings. The first-order chi connectivity index (χ1) is 9.49. The fourth-order valence-electron chi connectivity index (χ4n) is 1.83. The molecule has 0 saturated heterocycles. The Balaban J connectivity index is 3.29. The molecule has 0 N–H and O–H groups in total. The van der Waals surface area contributed by atoms with Gasteiger partial charge in [0.15, 0.2) is 0 Å². The molecular formula is C18H29BiN2. The average molecular weight is 482 g/mol. The van der Waals surface area contributed by atoms with E-state index in [4.69, 9.17) is 0 Å². The Bertz CT molecular complexity index is 487. The van der Waals surface area contributed by atoms with E-state index in [0.717, 1.165) is 0 Å². The third-order valence-corrected chi connectivity index (χ3v) is 8.21. The van der Waals surface area contributed by atoms with Crippen LogP contribution >= 0.6 is 0 Å². The molecule has 0 aliphatic carbocycles. The van der Waals surface area contributed by atoms with Crippen LogP contribution in [0.2, 0.25) is 9.26 Å². The first-order valence-electron chi connectivity index (χ1n) is 7.40. The molecule has 1 aromatic carbocycles. The van der Waals surface area contributed by atoms with Crippen molar-refractivity contribution < 1.29 is 0 Å². The summed E-state index contributed by atoms with van der Waals surface area (Å²) in [6.07, 6.45) is 4.11. The number of nitrogens with zero attached hydrogens (tertiary/aromatic N) is 2. The molecule has 1 aromatic rings. The van der Waals surface area contributed by atoms with Crippen LogP contribution in [0.3, 0.4) is 0 Å². The van der Waals surface area contributed by atoms with Gasteiger partial charge in [0, 0.05) is 0 Å². The van der Waals surface area contributed by atoms with Crippen molar-refractivity contribution in [2.75, 3.05) is 0 Å². The van der Waals surface area contributed by atoms with Gasteiger partial charge in [-0.3, -0.25) is 0 Å². The molecule has 3 heteroatoms. The second-order valence-electron chi connectivity index (χ2n) is 7.54. The Hall–Kier alpha value is -0.557. The third-order valence-electron chi connectivity index (χ3n) is 2.73. The average Bonchev–Trinajstić information content (AvgIpc) is 2.31. The molecule has 0 atom stereocenters. The van der Waals surface area contributed by atoms with Gasteiger partial charge in [0.1, 0.15) is 0 Å². The topological polar surface area (TPSA) is 24.7 Å². The molecule has 0 saturated carbocycles. The predicted octanol–water partition coefficient (Wildman–Crippen LogP) is 4.08. The quantitative estimate of drug-likeness (QED) is 0.458. The van der Waals surface area contributed by atoms with Crippen LogP contribution in [0.25, 0.3) is 0 Å². The minimum atomic E-state index is -1.61. The maximum atomic E-state index is 4.68. The van der Waals surface area contributed by atoms with E-state index in [1.807, 2.05) is 0 Å². The molecule has 0 radical (unpaired) electrons. The van der Waals surface area contributed by atoms with Crippen molar-refractivity contribution in [2.24, 2.45) is 9.98 Å². The molecular weight excluding hydrogens is 453 g/mol. The Labute approximate surface area is 138 Å². The van der Waals surface area contributed by atoms with E-state index < -0.39 is 21.8 Å². The zero-order valence-electron chi connectivity index (χ0n) is 14.7. The van der Waals surface area contributed by atoms with E-state index in [9.17, 15) is 0 Å². The molecule has 0 fully saturated rings. The van der Waals surface area contributed by atoms with Crippen LogP contribution < -0.4 is 3.27 Å². The van der Waals surface area contributed by atoms with Crippen LogP contribution in [0.5, 0.6) is 0 Å². The normalized spacial score (nSPS) is 13.8. The number of rotatable bonds is 3. The summed E-state index contributed by atoms with van der Waals surface area (Å²) in [5.41, 5.74) is 2.51. The number of aliphatic imine (C=N–C) groups is 2. The van der Waals surface area contributed by atoms with Gasteiger partial charge in [-0.05, 0) is 0 Å². The molecule has 0 amide bonds. The van der Waals surface area contributed by atoms with Crippen LogP contribution in [0.4, 0.5) is 0 Å². The first kappa shape index (κ1) is 18.5. The van der Waals surface area contributed by atoms with Gasteiger partial charge >= 0.3 is 139 Å². The van der Waals surface area contributed by atoms with Gasteiger partial charge in [-0.1, -0.05) is 0 Å². The number of benzene rings is 1. The summed E-state index contributed by atoms with van der Waals surface area (Å²) in [4.78, 5) is 9.37. The molecule has 0 aliphatic heterocycles. The predicted molar refractivity (Wildman–Crippen MR) is 98.3 cm³/mol. The van der Waals surface area contributed by atoms with Gasteiger partial charge in [0.05, 0.1) is 0 Å². The van der Waals surface area contributed by atoms with Crippen molar-refractivity contribution in [1.29, 1.82) is 0 Å². The van der Waals surface area contributed by atoms with Gasteiger partial charge < -0.3 is 0 Å². The minimum absolute atomic E-state index is 0.0292. The van der Waals surface area contributed by atoms with E-state index in [2.05, 4.69) is 91.4 Å². The summed E-state index contributed by atoms with van der Waals surface area (Å²) >= 11 is -1.61. The summed E-state index contributed by atoms with van der Waals surface area (Å²) in [7, 11) is 0. The van der Waals surface area contributed by atoms with Crippen LogP contribution in [0, 0.1) is 0 Å². The van der Waals surface area contributed by atoms with E-state index in [1.165, 1.54) is 14.4 Å². The molecule has 0 bridgehead atoms. The molecule has 2 nitrogen and oxygen atoms in total. The van der Waals surface area contributed by atoms with Crippen molar-refractivity contribution in [3.63, 3.8) is 0 Å². The van der Waals surface area contributed by atoms with Crippen molar-refractivity contribution in [2.45, 2.75) is 61.9 Å². The Kier molecular flexibility index (Phi) is 6.28. The van der Waals surface area contributed by atoms with Gasteiger partial charge in [0.25, 0.3) is 0 Å². The van der Waals surface area contributed by atoms with Gasteiger partial charge in [-0.15, -0.1) is 0 Å². The van der Waals surface area contributed by atoms with Gasteiger partial charge in [0.2, 0.25) is 0 Å². The molecule has 0 aromatic heterocycles. The third kappa shape index (κ3) is 6.82. The summed E-state index contributed by atoms with van der Waals surface area (Å²) in [5.74, 6) is 0. The van der Waals surface area contributed by atoms with Crippen molar-refractivity contribution >= 4 is 37.5 Å². The maximum absolute atomic E-state index is 4.68. The summed E-state index contributed by atoms with van der Waals surface area (Å²) in [5, 5.41) is 0. The van der Waals surface area contributed by atoms with Crippen LogP contribution in [-0.4, -0.2) is 45.3 Å². The van der Waals surface area contributed by atoms with E-state index in [1.54, 1.807) is 0 Å². The molecule has 21 heavy (non-hydrogen) atoms. The van der Waals surface area contributed by atoms with Crippen molar-refractivity contribution in [1.82, 2.24) is 0 Å². The first-order valence-corrected chi connectivity index (χ1v) is 16.1. The molecule has 116 valence electrons. The summed E-state index contributed by atoms with van der Waals surface area (Å²) < 4.78 is 6.37. The fourth-order valence-corrected chi connectivity index (χ4v) is 6.87. The molecule has 0 spiro atoms. The molecule has 1 rings (SSSR count). The van der Waals surface area contributed by atoms with Gasteiger partial charge in [-0.25, -0.2) is 0 Å². The molecule has 0 unspecified atom stereocenters. The monoisotopic (exact) mass is 482 g/mol. The van der Waals surface area contributed by atoms with Crippen LogP contribution in [0.1, 0.15) is 52.7 Å². The second kappa shape index (κ2) is 7.14. The Morgan fingerprint density at radius 1 is 0.810 bits per heavy atom. The van der Waals surface area contributed by atoms with E-state index in [0.29, 0.717) is 0 Å².